The van der Waals surface area contributed by atoms with Gasteiger partial charge in [0.1, 0.15) is 5.69 Å². The lowest BCUT2D eigenvalue weighted by molar-refractivity contribution is 0.0927. The molecule has 0 aromatic carbocycles. The summed E-state index contributed by atoms with van der Waals surface area (Å²) in [4.78, 5) is 18.8. The maximum atomic E-state index is 12.1. The molecular formula is C16H26N4O. The van der Waals surface area contributed by atoms with Gasteiger partial charge in [0.15, 0.2) is 0 Å². The highest BCUT2D eigenvalue weighted by molar-refractivity contribution is 5.92. The lowest BCUT2D eigenvalue weighted by Gasteiger charge is -2.21. The van der Waals surface area contributed by atoms with E-state index in [4.69, 9.17) is 0 Å². The predicted octanol–water partition coefficient (Wildman–Crippen LogP) is 2.12. The van der Waals surface area contributed by atoms with E-state index in [-0.39, 0.29) is 11.9 Å². The van der Waals surface area contributed by atoms with Crippen LogP contribution < -0.4 is 10.6 Å². The molecule has 2 heterocycles. The SMILES string of the molecule is CCCNc1ccc(C(=O)NC(C)CN2CCCC2)nc1. The summed E-state index contributed by atoms with van der Waals surface area (Å²) in [5.74, 6) is -0.0938. The second-order valence-electron chi connectivity index (χ2n) is 5.74. The highest BCUT2D eigenvalue weighted by atomic mass is 16.1. The van der Waals surface area contributed by atoms with Crippen molar-refractivity contribution in [1.29, 1.82) is 0 Å². The number of likely N-dealkylation sites (tertiary alicyclic amines) is 1. The molecule has 5 nitrogen and oxygen atoms in total. The third kappa shape index (κ3) is 5.01. The Hall–Kier alpha value is -1.62. The summed E-state index contributed by atoms with van der Waals surface area (Å²) in [5, 5.41) is 6.27. The van der Waals surface area contributed by atoms with Gasteiger partial charge >= 0.3 is 0 Å². The Labute approximate surface area is 127 Å². The maximum Gasteiger partial charge on any atom is 0.270 e. The molecule has 0 radical (unpaired) electrons. The molecule has 5 heteroatoms. The Morgan fingerprint density at radius 2 is 2.14 bits per heavy atom. The Morgan fingerprint density at radius 3 is 2.76 bits per heavy atom. The van der Waals surface area contributed by atoms with Gasteiger partial charge in [-0.1, -0.05) is 6.92 Å². The van der Waals surface area contributed by atoms with Crippen molar-refractivity contribution < 1.29 is 4.79 Å². The van der Waals surface area contributed by atoms with Crippen molar-refractivity contribution in [2.45, 2.75) is 39.2 Å². The summed E-state index contributed by atoms with van der Waals surface area (Å²) >= 11 is 0. The van der Waals surface area contributed by atoms with Crippen molar-refractivity contribution in [2.24, 2.45) is 0 Å². The van der Waals surface area contributed by atoms with Gasteiger partial charge in [0.25, 0.3) is 5.91 Å². The fraction of sp³-hybridized carbons (Fsp3) is 0.625. The Balaban J connectivity index is 1.81. The lowest BCUT2D eigenvalue weighted by Crippen LogP contribution is -2.41. The van der Waals surface area contributed by atoms with E-state index >= 15 is 0 Å². The molecule has 1 amide bonds. The Bertz CT molecular complexity index is 440. The van der Waals surface area contributed by atoms with Crippen molar-refractivity contribution in [3.63, 3.8) is 0 Å². The molecule has 1 aromatic heterocycles. The molecule has 0 saturated carbocycles. The van der Waals surface area contributed by atoms with E-state index < -0.39 is 0 Å². The van der Waals surface area contributed by atoms with E-state index in [1.165, 1.54) is 12.8 Å². The number of hydrogen-bond donors (Lipinski definition) is 2. The van der Waals surface area contributed by atoms with Gasteiger partial charge in [-0.25, -0.2) is 4.98 Å². The van der Waals surface area contributed by atoms with Crippen molar-refractivity contribution in [1.82, 2.24) is 15.2 Å². The fourth-order valence-corrected chi connectivity index (χ4v) is 2.60. The van der Waals surface area contributed by atoms with E-state index in [2.05, 4.69) is 27.4 Å². The summed E-state index contributed by atoms with van der Waals surface area (Å²) in [5.41, 5.74) is 1.43. The van der Waals surface area contributed by atoms with Gasteiger partial charge < -0.3 is 15.5 Å². The largest absolute Gasteiger partial charge is 0.384 e. The number of nitrogens with one attached hydrogen (secondary N) is 2. The van der Waals surface area contributed by atoms with Gasteiger partial charge in [-0.05, 0) is 51.4 Å². The van der Waals surface area contributed by atoms with E-state index in [9.17, 15) is 4.79 Å². The van der Waals surface area contributed by atoms with Crippen LogP contribution in [0.1, 0.15) is 43.6 Å². The highest BCUT2D eigenvalue weighted by Gasteiger charge is 2.17. The molecule has 1 unspecified atom stereocenters. The van der Waals surface area contributed by atoms with Crippen LogP contribution in [0.15, 0.2) is 18.3 Å². The van der Waals surface area contributed by atoms with Crippen LogP contribution in [0.5, 0.6) is 0 Å². The first-order chi connectivity index (χ1) is 10.2. The number of anilines is 1. The van der Waals surface area contributed by atoms with Crippen LogP contribution in [0.2, 0.25) is 0 Å². The minimum Gasteiger partial charge on any atom is -0.384 e. The second kappa shape index (κ2) is 7.98. The van der Waals surface area contributed by atoms with Crippen LogP contribution in [-0.2, 0) is 0 Å². The quantitative estimate of drug-likeness (QED) is 0.807. The number of hydrogen-bond acceptors (Lipinski definition) is 4. The van der Waals surface area contributed by atoms with Gasteiger partial charge in [0.2, 0.25) is 0 Å². The Morgan fingerprint density at radius 1 is 1.38 bits per heavy atom. The topological polar surface area (TPSA) is 57.3 Å². The van der Waals surface area contributed by atoms with E-state index in [1.807, 2.05) is 13.0 Å². The molecule has 2 N–H and O–H groups in total. The lowest BCUT2D eigenvalue weighted by atomic mass is 10.2. The number of carbonyl (C=O) groups excluding carboxylic acids is 1. The van der Waals surface area contributed by atoms with Gasteiger partial charge in [0, 0.05) is 19.1 Å². The second-order valence-corrected chi connectivity index (χ2v) is 5.74. The first kappa shape index (κ1) is 15.8. The third-order valence-electron chi connectivity index (χ3n) is 3.68. The van der Waals surface area contributed by atoms with E-state index in [0.29, 0.717) is 5.69 Å². The molecule has 1 fully saturated rings. The molecule has 116 valence electrons. The molecule has 0 bridgehead atoms. The van der Waals surface area contributed by atoms with Crippen molar-refractivity contribution in [3.8, 4) is 0 Å². The van der Waals surface area contributed by atoms with E-state index in [1.54, 1.807) is 12.3 Å². The summed E-state index contributed by atoms with van der Waals surface area (Å²) in [6.45, 7) is 8.30. The Kier molecular flexibility index (Phi) is 5.99. The van der Waals surface area contributed by atoms with Crippen LogP contribution in [0.3, 0.4) is 0 Å². The monoisotopic (exact) mass is 290 g/mol. The summed E-state index contributed by atoms with van der Waals surface area (Å²) < 4.78 is 0. The van der Waals surface area contributed by atoms with Crippen LogP contribution in [-0.4, -0.2) is 48.0 Å². The molecule has 1 aliphatic rings. The molecule has 2 rings (SSSR count). The smallest absolute Gasteiger partial charge is 0.270 e. The average Bonchev–Trinajstić information content (AvgIpc) is 2.98. The van der Waals surface area contributed by atoms with Crippen molar-refractivity contribution in [3.05, 3.63) is 24.0 Å². The number of nitrogens with zero attached hydrogens (tertiary/aromatic N) is 2. The fourth-order valence-electron chi connectivity index (χ4n) is 2.60. The molecule has 21 heavy (non-hydrogen) atoms. The number of rotatable bonds is 7. The summed E-state index contributed by atoms with van der Waals surface area (Å²) in [6.07, 6.45) is 5.33. The zero-order chi connectivity index (χ0) is 15.1. The molecule has 1 saturated heterocycles. The van der Waals surface area contributed by atoms with Crippen LogP contribution >= 0.6 is 0 Å². The zero-order valence-electron chi connectivity index (χ0n) is 13.1. The average molecular weight is 290 g/mol. The first-order valence-corrected chi connectivity index (χ1v) is 7.92. The van der Waals surface area contributed by atoms with Crippen molar-refractivity contribution >= 4 is 11.6 Å². The van der Waals surface area contributed by atoms with Gasteiger partial charge in [-0.15, -0.1) is 0 Å². The minimum absolute atomic E-state index is 0.0938. The number of amides is 1. The van der Waals surface area contributed by atoms with E-state index in [0.717, 1.165) is 38.3 Å². The molecule has 0 aliphatic carbocycles. The van der Waals surface area contributed by atoms with Gasteiger partial charge in [0.05, 0.1) is 11.9 Å². The molecule has 0 spiro atoms. The number of pyridine rings is 1. The minimum atomic E-state index is -0.0938. The van der Waals surface area contributed by atoms with Crippen molar-refractivity contribution in [2.75, 3.05) is 31.5 Å². The molecule has 1 atom stereocenters. The molecule has 1 aromatic rings. The highest BCUT2D eigenvalue weighted by Crippen LogP contribution is 2.09. The molecule has 1 aliphatic heterocycles. The standard InChI is InChI=1S/C16H26N4O/c1-3-8-17-14-6-7-15(18-11-14)16(21)19-13(2)12-20-9-4-5-10-20/h6-7,11,13,17H,3-5,8-10,12H2,1-2H3,(H,19,21). The zero-order valence-corrected chi connectivity index (χ0v) is 13.1. The van der Waals surface area contributed by atoms with Gasteiger partial charge in [-0.3, -0.25) is 4.79 Å². The summed E-state index contributed by atoms with van der Waals surface area (Å²) in [7, 11) is 0. The molecular weight excluding hydrogens is 264 g/mol. The summed E-state index contributed by atoms with van der Waals surface area (Å²) in [6, 6.07) is 3.83. The van der Waals surface area contributed by atoms with Crippen LogP contribution in [0.25, 0.3) is 0 Å². The normalized spacial score (nSPS) is 16.7. The third-order valence-corrected chi connectivity index (χ3v) is 3.68. The van der Waals surface area contributed by atoms with Crippen LogP contribution in [0.4, 0.5) is 5.69 Å². The number of aromatic nitrogens is 1. The first-order valence-electron chi connectivity index (χ1n) is 7.92. The predicted molar refractivity (Wildman–Crippen MR) is 85.6 cm³/mol. The number of carbonyl (C=O) groups is 1. The van der Waals surface area contributed by atoms with Crippen LogP contribution in [0, 0.1) is 0 Å². The maximum absolute atomic E-state index is 12.1. The van der Waals surface area contributed by atoms with Gasteiger partial charge in [-0.2, -0.15) is 0 Å².